The van der Waals surface area contributed by atoms with Crippen molar-refractivity contribution in [2.75, 3.05) is 7.11 Å². The van der Waals surface area contributed by atoms with E-state index in [-0.39, 0.29) is 5.56 Å². The summed E-state index contributed by atoms with van der Waals surface area (Å²) in [6, 6.07) is 13.0. The van der Waals surface area contributed by atoms with Crippen LogP contribution in [0.5, 0.6) is 5.75 Å². The molecule has 0 spiro atoms. The Morgan fingerprint density at radius 1 is 1.11 bits per heavy atom. The number of pyridine rings is 2. The summed E-state index contributed by atoms with van der Waals surface area (Å²) in [7, 11) is 1.59. The molecule has 1 aromatic carbocycles. The minimum atomic E-state index is -0.171. The number of hydrogen-bond acceptors (Lipinski definition) is 3. The van der Waals surface area contributed by atoms with Crippen LogP contribution in [0.15, 0.2) is 53.5 Å². The van der Waals surface area contributed by atoms with E-state index in [4.69, 9.17) is 4.74 Å². The molecule has 94 valence electrons. The summed E-state index contributed by atoms with van der Waals surface area (Å²) >= 11 is 0. The maximum Gasteiger partial charge on any atom is 0.257 e. The minimum Gasteiger partial charge on any atom is -0.496 e. The molecular formula is C15H12N2O2. The number of nitrogens with one attached hydrogen (secondary N) is 1. The van der Waals surface area contributed by atoms with Gasteiger partial charge in [-0.15, -0.1) is 0 Å². The molecule has 4 heteroatoms. The van der Waals surface area contributed by atoms with Gasteiger partial charge in [-0.25, -0.2) is 4.98 Å². The average molecular weight is 252 g/mol. The van der Waals surface area contributed by atoms with Crippen molar-refractivity contribution in [2.24, 2.45) is 0 Å². The Hall–Kier alpha value is -2.62. The summed E-state index contributed by atoms with van der Waals surface area (Å²) < 4.78 is 5.30. The van der Waals surface area contributed by atoms with Gasteiger partial charge in [0.25, 0.3) is 5.56 Å². The van der Waals surface area contributed by atoms with Gasteiger partial charge in [0.15, 0.2) is 0 Å². The molecule has 0 aliphatic carbocycles. The van der Waals surface area contributed by atoms with Gasteiger partial charge in [-0.05, 0) is 24.3 Å². The third kappa shape index (κ3) is 1.97. The van der Waals surface area contributed by atoms with E-state index >= 15 is 0 Å². The summed E-state index contributed by atoms with van der Waals surface area (Å²) in [4.78, 5) is 19.1. The zero-order chi connectivity index (χ0) is 13.2. The number of para-hydroxylation sites is 1. The van der Waals surface area contributed by atoms with Crippen LogP contribution < -0.4 is 10.3 Å². The molecule has 2 aromatic heterocycles. The van der Waals surface area contributed by atoms with Crippen LogP contribution >= 0.6 is 0 Å². The molecule has 0 amide bonds. The van der Waals surface area contributed by atoms with Gasteiger partial charge in [0.05, 0.1) is 12.7 Å². The number of rotatable bonds is 2. The molecular weight excluding hydrogens is 240 g/mol. The Labute approximate surface area is 109 Å². The minimum absolute atomic E-state index is 0.171. The van der Waals surface area contributed by atoms with Gasteiger partial charge in [-0.2, -0.15) is 0 Å². The fraction of sp³-hybridized carbons (Fsp3) is 0.0667. The molecule has 19 heavy (non-hydrogen) atoms. The lowest BCUT2D eigenvalue weighted by molar-refractivity contribution is 0.416. The molecule has 0 atom stereocenters. The molecule has 0 fully saturated rings. The van der Waals surface area contributed by atoms with E-state index in [1.54, 1.807) is 13.3 Å². The first-order chi connectivity index (χ1) is 9.29. The van der Waals surface area contributed by atoms with Crippen molar-refractivity contribution in [3.05, 3.63) is 59.0 Å². The summed E-state index contributed by atoms with van der Waals surface area (Å²) in [5.74, 6) is 0.677. The molecule has 4 nitrogen and oxygen atoms in total. The van der Waals surface area contributed by atoms with Crippen LogP contribution in [0.4, 0.5) is 0 Å². The molecule has 3 rings (SSSR count). The number of ether oxygens (including phenoxy) is 1. The normalized spacial score (nSPS) is 10.6. The zero-order valence-electron chi connectivity index (χ0n) is 10.4. The first-order valence-corrected chi connectivity index (χ1v) is 5.91. The van der Waals surface area contributed by atoms with E-state index < -0.39 is 0 Å². The fourth-order valence-corrected chi connectivity index (χ4v) is 2.10. The van der Waals surface area contributed by atoms with Crippen LogP contribution in [0.25, 0.3) is 22.2 Å². The molecule has 0 saturated heterocycles. The molecule has 2 heterocycles. The molecule has 0 aliphatic heterocycles. The number of methoxy groups -OCH3 is 1. The van der Waals surface area contributed by atoms with Crippen molar-refractivity contribution in [3.8, 4) is 16.9 Å². The third-order valence-corrected chi connectivity index (χ3v) is 3.01. The van der Waals surface area contributed by atoms with Crippen molar-refractivity contribution in [1.29, 1.82) is 0 Å². The van der Waals surface area contributed by atoms with E-state index in [1.165, 1.54) is 0 Å². The average Bonchev–Trinajstić information content (AvgIpc) is 2.46. The van der Waals surface area contributed by atoms with Crippen molar-refractivity contribution < 1.29 is 4.74 Å². The summed E-state index contributed by atoms with van der Waals surface area (Å²) in [5.41, 5.74) is 1.77. The van der Waals surface area contributed by atoms with Crippen LogP contribution in [0, 0.1) is 0 Å². The monoisotopic (exact) mass is 252 g/mol. The highest BCUT2D eigenvalue weighted by Crippen LogP contribution is 2.28. The quantitative estimate of drug-likeness (QED) is 0.762. The number of fused-ring (bicyclic) bond motifs is 1. The number of aromatic nitrogens is 2. The van der Waals surface area contributed by atoms with Crippen molar-refractivity contribution in [3.63, 3.8) is 0 Å². The first-order valence-electron chi connectivity index (χ1n) is 5.91. The SMILES string of the molecule is COc1ccccc1-c1cc2cccnc2[nH]c1=O. The lowest BCUT2D eigenvalue weighted by Gasteiger charge is -2.08. The molecule has 1 N–H and O–H groups in total. The highest BCUT2D eigenvalue weighted by molar-refractivity contribution is 5.82. The van der Waals surface area contributed by atoms with Crippen molar-refractivity contribution >= 4 is 11.0 Å². The lowest BCUT2D eigenvalue weighted by Crippen LogP contribution is -2.09. The highest BCUT2D eigenvalue weighted by Gasteiger charge is 2.10. The van der Waals surface area contributed by atoms with Crippen LogP contribution in [0.1, 0.15) is 0 Å². The second-order valence-corrected chi connectivity index (χ2v) is 4.15. The Morgan fingerprint density at radius 2 is 1.95 bits per heavy atom. The molecule has 0 aliphatic rings. The number of hydrogen-bond donors (Lipinski definition) is 1. The number of H-pyrrole nitrogens is 1. The third-order valence-electron chi connectivity index (χ3n) is 3.01. The molecule has 3 aromatic rings. The van der Waals surface area contributed by atoms with Crippen LogP contribution in [-0.2, 0) is 0 Å². The van der Waals surface area contributed by atoms with E-state index in [9.17, 15) is 4.79 Å². The number of nitrogens with zero attached hydrogens (tertiary/aromatic N) is 1. The van der Waals surface area contributed by atoms with Gasteiger partial charge in [-0.1, -0.05) is 18.2 Å². The van der Waals surface area contributed by atoms with Crippen LogP contribution in [-0.4, -0.2) is 17.1 Å². The van der Waals surface area contributed by atoms with Gasteiger partial charge in [0.1, 0.15) is 11.4 Å². The van der Waals surface area contributed by atoms with E-state index in [0.29, 0.717) is 17.0 Å². The van der Waals surface area contributed by atoms with E-state index in [0.717, 1.165) is 10.9 Å². The van der Waals surface area contributed by atoms with E-state index in [1.807, 2.05) is 42.5 Å². The van der Waals surface area contributed by atoms with Gasteiger partial charge in [-0.3, -0.25) is 4.79 Å². The van der Waals surface area contributed by atoms with Gasteiger partial charge in [0.2, 0.25) is 0 Å². The molecule has 0 saturated carbocycles. The van der Waals surface area contributed by atoms with Crippen LogP contribution in [0.2, 0.25) is 0 Å². The van der Waals surface area contributed by atoms with Gasteiger partial charge >= 0.3 is 0 Å². The molecule has 0 unspecified atom stereocenters. The largest absolute Gasteiger partial charge is 0.496 e. The van der Waals surface area contributed by atoms with Gasteiger partial charge in [0, 0.05) is 17.1 Å². The first kappa shape index (κ1) is 11.5. The van der Waals surface area contributed by atoms with E-state index in [2.05, 4.69) is 9.97 Å². The summed E-state index contributed by atoms with van der Waals surface area (Å²) in [5, 5.41) is 0.892. The predicted molar refractivity (Wildman–Crippen MR) is 74.4 cm³/mol. The Balaban J connectivity index is 2.30. The van der Waals surface area contributed by atoms with Crippen molar-refractivity contribution in [2.45, 2.75) is 0 Å². The summed E-state index contributed by atoms with van der Waals surface area (Å²) in [6.07, 6.45) is 1.65. The second kappa shape index (κ2) is 4.57. The summed E-state index contributed by atoms with van der Waals surface area (Å²) in [6.45, 7) is 0. The smallest absolute Gasteiger partial charge is 0.257 e. The topological polar surface area (TPSA) is 55.0 Å². The number of benzene rings is 1. The highest BCUT2D eigenvalue weighted by atomic mass is 16.5. The standard InChI is InChI=1S/C15H12N2O2/c1-19-13-7-3-2-6-11(13)12-9-10-5-4-8-16-14(10)17-15(12)18/h2-9H,1H3,(H,16,17,18). The Morgan fingerprint density at radius 3 is 2.79 bits per heavy atom. The predicted octanol–water partition coefficient (Wildman–Crippen LogP) is 2.60. The molecule has 0 bridgehead atoms. The van der Waals surface area contributed by atoms with Gasteiger partial charge < -0.3 is 9.72 Å². The van der Waals surface area contributed by atoms with Crippen molar-refractivity contribution in [1.82, 2.24) is 9.97 Å². The Bertz CT molecular complexity index is 793. The fourth-order valence-electron chi connectivity index (χ4n) is 2.10. The maximum atomic E-state index is 12.2. The number of aromatic amines is 1. The Kier molecular flexibility index (Phi) is 2.76. The zero-order valence-corrected chi connectivity index (χ0v) is 10.4. The maximum absolute atomic E-state index is 12.2. The van der Waals surface area contributed by atoms with Crippen LogP contribution in [0.3, 0.4) is 0 Å². The molecule has 0 radical (unpaired) electrons. The second-order valence-electron chi connectivity index (χ2n) is 4.15. The lowest BCUT2D eigenvalue weighted by atomic mass is 10.1.